The quantitative estimate of drug-likeness (QED) is 0.438. The molecule has 0 aromatic heterocycles. The first-order chi connectivity index (χ1) is 14.9. The SMILES string of the molecule is c1ccc(-c2ccc([C@H]3CCNC[C@@H]3OCc3ccc4ccccc4c3)cc2)cc1. The summed E-state index contributed by atoms with van der Waals surface area (Å²) in [7, 11) is 0. The van der Waals surface area contributed by atoms with Crippen LogP contribution in [0.2, 0.25) is 0 Å². The molecular formula is C28H27NO. The number of ether oxygens (including phenoxy) is 1. The molecule has 1 aliphatic rings. The molecule has 0 amide bonds. The van der Waals surface area contributed by atoms with E-state index in [0.29, 0.717) is 12.5 Å². The minimum Gasteiger partial charge on any atom is -0.372 e. The van der Waals surface area contributed by atoms with Crippen molar-refractivity contribution >= 4 is 10.8 Å². The molecular weight excluding hydrogens is 366 g/mol. The summed E-state index contributed by atoms with van der Waals surface area (Å²) in [5, 5.41) is 6.06. The van der Waals surface area contributed by atoms with Crippen LogP contribution in [-0.4, -0.2) is 19.2 Å². The standard InChI is InChI=1S/C28H27NO/c1-2-6-22(7-3-1)24-12-14-25(15-13-24)27-16-17-29-19-28(27)30-20-21-10-11-23-8-4-5-9-26(23)18-21/h1-15,18,27-29H,16-17,19-20H2/t27-,28+/m1/s1. The summed E-state index contributed by atoms with van der Waals surface area (Å²) >= 11 is 0. The highest BCUT2D eigenvalue weighted by Gasteiger charge is 2.27. The van der Waals surface area contributed by atoms with Crippen LogP contribution in [0.25, 0.3) is 21.9 Å². The Labute approximate surface area is 178 Å². The summed E-state index contributed by atoms with van der Waals surface area (Å²) in [6.07, 6.45) is 1.29. The minimum atomic E-state index is 0.188. The van der Waals surface area contributed by atoms with Gasteiger partial charge in [-0.3, -0.25) is 0 Å². The zero-order valence-corrected chi connectivity index (χ0v) is 17.1. The van der Waals surface area contributed by atoms with Crippen LogP contribution in [0.15, 0.2) is 97.1 Å². The first kappa shape index (κ1) is 19.0. The molecule has 4 aromatic carbocycles. The zero-order valence-electron chi connectivity index (χ0n) is 17.1. The third kappa shape index (κ3) is 4.16. The summed E-state index contributed by atoms with van der Waals surface area (Å²) in [4.78, 5) is 0. The molecule has 0 radical (unpaired) electrons. The molecule has 1 N–H and O–H groups in total. The molecule has 2 heteroatoms. The van der Waals surface area contributed by atoms with Crippen molar-refractivity contribution in [2.75, 3.05) is 13.1 Å². The highest BCUT2D eigenvalue weighted by Crippen LogP contribution is 2.30. The maximum atomic E-state index is 6.44. The molecule has 1 aliphatic heterocycles. The molecule has 1 heterocycles. The topological polar surface area (TPSA) is 21.3 Å². The third-order valence-electron chi connectivity index (χ3n) is 6.15. The number of rotatable bonds is 5. The highest BCUT2D eigenvalue weighted by atomic mass is 16.5. The van der Waals surface area contributed by atoms with Gasteiger partial charge in [-0.15, -0.1) is 0 Å². The van der Waals surface area contributed by atoms with Gasteiger partial charge >= 0.3 is 0 Å². The van der Waals surface area contributed by atoms with Crippen LogP contribution >= 0.6 is 0 Å². The Morgan fingerprint density at radius 1 is 0.733 bits per heavy atom. The lowest BCUT2D eigenvalue weighted by Crippen LogP contribution is -2.40. The van der Waals surface area contributed by atoms with Crippen molar-refractivity contribution in [1.82, 2.24) is 5.32 Å². The van der Waals surface area contributed by atoms with Gasteiger partial charge in [0.2, 0.25) is 0 Å². The van der Waals surface area contributed by atoms with E-state index in [2.05, 4.69) is 102 Å². The van der Waals surface area contributed by atoms with Crippen LogP contribution in [0.4, 0.5) is 0 Å². The summed E-state index contributed by atoms with van der Waals surface area (Å²) in [6.45, 7) is 2.59. The molecule has 0 saturated carbocycles. The smallest absolute Gasteiger partial charge is 0.0772 e. The second-order valence-corrected chi connectivity index (χ2v) is 8.12. The number of fused-ring (bicyclic) bond motifs is 1. The van der Waals surface area contributed by atoms with E-state index in [0.717, 1.165) is 19.5 Å². The van der Waals surface area contributed by atoms with Gasteiger partial charge in [0.1, 0.15) is 0 Å². The maximum absolute atomic E-state index is 6.44. The Morgan fingerprint density at radius 2 is 1.47 bits per heavy atom. The molecule has 150 valence electrons. The normalized spacial score (nSPS) is 19.1. The Hall–Kier alpha value is -2.94. The summed E-state index contributed by atoms with van der Waals surface area (Å²) < 4.78 is 6.44. The van der Waals surface area contributed by atoms with Crippen molar-refractivity contribution in [2.24, 2.45) is 0 Å². The lowest BCUT2D eigenvalue weighted by atomic mass is 9.87. The fourth-order valence-corrected chi connectivity index (χ4v) is 4.47. The predicted molar refractivity (Wildman–Crippen MR) is 125 cm³/mol. The van der Waals surface area contributed by atoms with Gasteiger partial charge in [0.05, 0.1) is 12.7 Å². The molecule has 0 spiro atoms. The zero-order chi connectivity index (χ0) is 20.2. The average molecular weight is 394 g/mol. The summed E-state index contributed by atoms with van der Waals surface area (Å²) in [5.41, 5.74) is 5.14. The molecule has 5 rings (SSSR count). The average Bonchev–Trinajstić information content (AvgIpc) is 2.83. The Morgan fingerprint density at radius 3 is 2.30 bits per heavy atom. The van der Waals surface area contributed by atoms with Crippen LogP contribution in [0.1, 0.15) is 23.5 Å². The first-order valence-electron chi connectivity index (χ1n) is 10.8. The fourth-order valence-electron chi connectivity index (χ4n) is 4.47. The van der Waals surface area contributed by atoms with Crippen LogP contribution < -0.4 is 5.32 Å². The molecule has 2 atom stereocenters. The van der Waals surface area contributed by atoms with Gasteiger partial charge in [0, 0.05) is 12.5 Å². The molecule has 1 saturated heterocycles. The highest BCUT2D eigenvalue weighted by molar-refractivity contribution is 5.82. The number of hydrogen-bond acceptors (Lipinski definition) is 2. The third-order valence-corrected chi connectivity index (χ3v) is 6.15. The van der Waals surface area contributed by atoms with E-state index >= 15 is 0 Å². The van der Waals surface area contributed by atoms with E-state index in [4.69, 9.17) is 4.74 Å². The van der Waals surface area contributed by atoms with Crippen LogP contribution in [0.3, 0.4) is 0 Å². The largest absolute Gasteiger partial charge is 0.372 e. The monoisotopic (exact) mass is 393 g/mol. The predicted octanol–water partition coefficient (Wildman–Crippen LogP) is 6.17. The number of piperidine rings is 1. The lowest BCUT2D eigenvalue weighted by Gasteiger charge is -2.32. The Balaban J connectivity index is 1.30. The Kier molecular flexibility index (Phi) is 5.60. The van der Waals surface area contributed by atoms with Crippen molar-refractivity contribution in [3.05, 3.63) is 108 Å². The van der Waals surface area contributed by atoms with Gasteiger partial charge in [-0.2, -0.15) is 0 Å². The van der Waals surface area contributed by atoms with Crippen molar-refractivity contribution in [3.8, 4) is 11.1 Å². The molecule has 4 aromatic rings. The van der Waals surface area contributed by atoms with Gasteiger partial charge < -0.3 is 10.1 Å². The minimum absolute atomic E-state index is 0.188. The van der Waals surface area contributed by atoms with Crippen LogP contribution in [0, 0.1) is 0 Å². The van der Waals surface area contributed by atoms with Gasteiger partial charge in [0.15, 0.2) is 0 Å². The van der Waals surface area contributed by atoms with Crippen molar-refractivity contribution in [3.63, 3.8) is 0 Å². The van der Waals surface area contributed by atoms with Gasteiger partial charge in [0.25, 0.3) is 0 Å². The molecule has 0 aliphatic carbocycles. The summed E-state index contributed by atoms with van der Waals surface area (Å²) in [6, 6.07) is 34.7. The second kappa shape index (κ2) is 8.83. The second-order valence-electron chi connectivity index (χ2n) is 8.12. The van der Waals surface area contributed by atoms with Gasteiger partial charge in [-0.05, 0) is 52.1 Å². The van der Waals surface area contributed by atoms with Crippen LogP contribution in [0.5, 0.6) is 0 Å². The number of nitrogens with one attached hydrogen (secondary N) is 1. The van der Waals surface area contributed by atoms with Crippen molar-refractivity contribution < 1.29 is 4.74 Å². The first-order valence-corrected chi connectivity index (χ1v) is 10.8. The Bertz CT molecular complexity index is 1100. The van der Waals surface area contributed by atoms with E-state index in [1.165, 1.54) is 33.0 Å². The molecule has 0 bridgehead atoms. The molecule has 0 unspecified atom stereocenters. The molecule has 30 heavy (non-hydrogen) atoms. The van der Waals surface area contributed by atoms with E-state index < -0.39 is 0 Å². The lowest BCUT2D eigenvalue weighted by molar-refractivity contribution is 0.0107. The number of hydrogen-bond donors (Lipinski definition) is 1. The fraction of sp³-hybridized carbons (Fsp3) is 0.214. The van der Waals surface area contributed by atoms with Crippen molar-refractivity contribution in [1.29, 1.82) is 0 Å². The van der Waals surface area contributed by atoms with E-state index in [1.54, 1.807) is 0 Å². The maximum Gasteiger partial charge on any atom is 0.0772 e. The van der Waals surface area contributed by atoms with E-state index in [1.807, 2.05) is 0 Å². The van der Waals surface area contributed by atoms with Gasteiger partial charge in [-0.25, -0.2) is 0 Å². The molecule has 2 nitrogen and oxygen atoms in total. The summed E-state index contributed by atoms with van der Waals surface area (Å²) in [5.74, 6) is 0.427. The van der Waals surface area contributed by atoms with E-state index in [9.17, 15) is 0 Å². The van der Waals surface area contributed by atoms with Gasteiger partial charge in [-0.1, -0.05) is 91.0 Å². The molecule has 1 fully saturated rings. The van der Waals surface area contributed by atoms with E-state index in [-0.39, 0.29) is 6.10 Å². The number of benzene rings is 4. The van der Waals surface area contributed by atoms with Crippen molar-refractivity contribution in [2.45, 2.75) is 25.0 Å². The van der Waals surface area contributed by atoms with Crippen LogP contribution in [-0.2, 0) is 11.3 Å².